The van der Waals surface area contributed by atoms with Gasteiger partial charge in [-0.05, 0) is 77.0 Å². The van der Waals surface area contributed by atoms with Gasteiger partial charge in [0.15, 0.2) is 0 Å². The molecule has 3 atom stereocenters. The van der Waals surface area contributed by atoms with Crippen LogP contribution in [0.5, 0.6) is 0 Å². The van der Waals surface area contributed by atoms with Crippen molar-refractivity contribution in [2.75, 3.05) is 40.9 Å². The van der Waals surface area contributed by atoms with Crippen molar-refractivity contribution in [2.45, 2.75) is 244 Å². The maximum absolute atomic E-state index is 12.9. The number of aliphatic hydroxyl groups excluding tert-OH is 1. The number of aliphatic hydroxyl groups is 1. The molecule has 0 saturated carbocycles. The molecule has 0 radical (unpaired) electrons. The Hall–Kier alpha value is -1.80. The zero-order chi connectivity index (χ0) is 47.1. The van der Waals surface area contributed by atoms with E-state index in [1.807, 2.05) is 27.2 Å². The molecule has 374 valence electrons. The Kier molecular flexibility index (Phi) is 45.0. The van der Waals surface area contributed by atoms with E-state index in [9.17, 15) is 19.4 Å². The van der Waals surface area contributed by atoms with Gasteiger partial charge in [-0.3, -0.25) is 13.8 Å². The number of hydrogen-bond donors (Lipinski definition) is 3. The summed E-state index contributed by atoms with van der Waals surface area (Å²) in [5.41, 5.74) is 0. The van der Waals surface area contributed by atoms with Gasteiger partial charge in [0.05, 0.1) is 39.9 Å². The number of hydrogen-bond acceptors (Lipinski definition) is 5. The summed E-state index contributed by atoms with van der Waals surface area (Å²) in [6.45, 7) is 4.77. The third-order valence-corrected chi connectivity index (χ3v) is 12.7. The van der Waals surface area contributed by atoms with Gasteiger partial charge in [0.25, 0.3) is 0 Å². The number of unbranched alkanes of at least 4 members (excludes halogenated alkanes) is 27. The molecule has 0 aliphatic carbocycles. The van der Waals surface area contributed by atoms with E-state index in [-0.39, 0.29) is 19.1 Å². The molecule has 9 heteroatoms. The molecule has 0 saturated heterocycles. The van der Waals surface area contributed by atoms with Crippen LogP contribution in [0.4, 0.5) is 0 Å². The Bertz CT molecular complexity index is 1230. The Morgan fingerprint density at radius 3 is 1.36 bits per heavy atom. The number of nitrogens with zero attached hydrogens (tertiary/aromatic N) is 1. The first kappa shape index (κ1) is 62.2. The lowest BCUT2D eigenvalue weighted by Crippen LogP contribution is -2.45. The first-order chi connectivity index (χ1) is 31.0. The predicted octanol–water partition coefficient (Wildman–Crippen LogP) is 15.8. The number of rotatable bonds is 48. The smallest absolute Gasteiger partial charge is 0.387 e. The molecule has 3 unspecified atom stereocenters. The van der Waals surface area contributed by atoms with Crippen molar-refractivity contribution in [1.82, 2.24) is 5.32 Å². The normalized spacial score (nSPS) is 14.5. The number of carbonyl (C=O) groups excluding carboxylic acids is 1. The number of allylic oxidation sites excluding steroid dienone is 9. The molecule has 0 fully saturated rings. The molecule has 0 aliphatic rings. The summed E-state index contributed by atoms with van der Waals surface area (Å²) in [5, 5.41) is 13.9. The second-order valence-electron chi connectivity index (χ2n) is 19.2. The molecule has 8 nitrogen and oxygen atoms in total. The standard InChI is InChI=1S/C55H103N2O6P/c1-6-8-10-12-14-16-18-20-22-24-26-27-28-29-30-31-32-34-36-38-40-42-44-46-48-54(58)53(52-63-64(60,61)62-51-50-57(3,4)5)56-55(59)49-47-45-43-41-39-37-35-33-25-23-21-19-17-15-13-11-9-7-2/h17,19,23,25,31-32,38,40,46,48,53-54,58H,6-16,18,20-22,24,26-30,33-37,39,41-45,47,49-52H2,1-5H3,(H-,56,59,60,61)/p+1/b19-17-,25-23-,32-31+,40-38+,48-46+. The highest BCUT2D eigenvalue weighted by molar-refractivity contribution is 7.47. The second-order valence-corrected chi connectivity index (χ2v) is 20.7. The van der Waals surface area contributed by atoms with Crippen LogP contribution in [0.3, 0.4) is 0 Å². The number of nitrogens with one attached hydrogen (secondary N) is 1. The minimum Gasteiger partial charge on any atom is -0.387 e. The summed E-state index contributed by atoms with van der Waals surface area (Å²) in [6, 6.07) is -0.876. The number of amides is 1. The molecular formula is C55H104N2O6P+. The highest BCUT2D eigenvalue weighted by Crippen LogP contribution is 2.43. The third kappa shape index (κ3) is 48.1. The van der Waals surface area contributed by atoms with Crippen molar-refractivity contribution >= 4 is 13.7 Å². The third-order valence-electron chi connectivity index (χ3n) is 11.7. The van der Waals surface area contributed by atoms with E-state index in [0.717, 1.165) is 64.2 Å². The molecule has 1 amide bonds. The maximum Gasteiger partial charge on any atom is 0.472 e. The van der Waals surface area contributed by atoms with Crippen LogP contribution in [0.15, 0.2) is 60.8 Å². The first-order valence-electron chi connectivity index (χ1n) is 26.7. The number of phosphoric acid groups is 1. The molecular weight excluding hydrogens is 816 g/mol. The molecule has 0 aliphatic heterocycles. The van der Waals surface area contributed by atoms with Crippen molar-refractivity contribution in [3.05, 3.63) is 60.8 Å². The van der Waals surface area contributed by atoms with E-state index in [1.54, 1.807) is 6.08 Å². The Morgan fingerprint density at radius 2 is 0.906 bits per heavy atom. The molecule has 0 rings (SSSR count). The van der Waals surface area contributed by atoms with E-state index in [0.29, 0.717) is 17.4 Å². The van der Waals surface area contributed by atoms with Gasteiger partial charge >= 0.3 is 7.82 Å². The van der Waals surface area contributed by atoms with Crippen molar-refractivity contribution < 1.29 is 32.9 Å². The summed E-state index contributed by atoms with van der Waals surface area (Å²) in [7, 11) is 1.54. The molecule has 0 aromatic heterocycles. The van der Waals surface area contributed by atoms with Gasteiger partial charge in [-0.15, -0.1) is 0 Å². The van der Waals surface area contributed by atoms with Crippen molar-refractivity contribution in [3.63, 3.8) is 0 Å². The summed E-state index contributed by atoms with van der Waals surface area (Å²) < 4.78 is 23.6. The fourth-order valence-electron chi connectivity index (χ4n) is 7.46. The maximum atomic E-state index is 12.9. The van der Waals surface area contributed by atoms with Crippen LogP contribution in [0.1, 0.15) is 232 Å². The monoisotopic (exact) mass is 920 g/mol. The average molecular weight is 920 g/mol. The van der Waals surface area contributed by atoms with Crippen LogP contribution in [0, 0.1) is 0 Å². The zero-order valence-electron chi connectivity index (χ0n) is 42.5. The fourth-order valence-corrected chi connectivity index (χ4v) is 8.19. The number of likely N-dealkylation sites (N-methyl/N-ethyl adjacent to an activating group) is 1. The zero-order valence-corrected chi connectivity index (χ0v) is 43.4. The predicted molar refractivity (Wildman–Crippen MR) is 277 cm³/mol. The van der Waals surface area contributed by atoms with Crippen LogP contribution in [-0.4, -0.2) is 73.4 Å². The molecule has 0 aromatic carbocycles. The quantitative estimate of drug-likeness (QED) is 0.0243. The molecule has 0 heterocycles. The topological polar surface area (TPSA) is 105 Å². The largest absolute Gasteiger partial charge is 0.472 e. The number of quaternary nitrogens is 1. The lowest BCUT2D eigenvalue weighted by atomic mass is 10.0. The molecule has 64 heavy (non-hydrogen) atoms. The van der Waals surface area contributed by atoms with E-state index < -0.39 is 20.0 Å². The van der Waals surface area contributed by atoms with Gasteiger partial charge in [-0.1, -0.05) is 209 Å². The van der Waals surface area contributed by atoms with Gasteiger partial charge < -0.3 is 19.8 Å². The Balaban J connectivity index is 4.38. The van der Waals surface area contributed by atoms with Crippen molar-refractivity contribution in [1.29, 1.82) is 0 Å². The van der Waals surface area contributed by atoms with Crippen LogP contribution < -0.4 is 5.32 Å². The Labute approximate surface area is 396 Å². The average Bonchev–Trinajstić information content (AvgIpc) is 3.25. The van der Waals surface area contributed by atoms with Crippen LogP contribution in [0.2, 0.25) is 0 Å². The van der Waals surface area contributed by atoms with E-state index >= 15 is 0 Å². The van der Waals surface area contributed by atoms with E-state index in [2.05, 4.69) is 67.8 Å². The highest BCUT2D eigenvalue weighted by Gasteiger charge is 2.27. The highest BCUT2D eigenvalue weighted by atomic mass is 31.2. The van der Waals surface area contributed by atoms with Crippen LogP contribution in [0.25, 0.3) is 0 Å². The van der Waals surface area contributed by atoms with Gasteiger partial charge in [-0.2, -0.15) is 0 Å². The summed E-state index contributed by atoms with van der Waals surface area (Å²) in [6.07, 6.45) is 61.7. The SMILES string of the molecule is CCCCCC/C=C\C/C=C\CCCCCCCCCC(=O)NC(COP(=O)(O)OCC[N+](C)(C)C)C(O)/C=C/CC/C=C/CC/C=C/CCCCCCCCCCCCCCCC. The summed E-state index contributed by atoms with van der Waals surface area (Å²) in [5.74, 6) is -0.200. The lowest BCUT2D eigenvalue weighted by molar-refractivity contribution is -0.870. The minimum absolute atomic E-state index is 0.0499. The summed E-state index contributed by atoms with van der Waals surface area (Å²) in [4.78, 5) is 23.2. The van der Waals surface area contributed by atoms with Gasteiger partial charge in [0.1, 0.15) is 13.2 Å². The van der Waals surface area contributed by atoms with Crippen molar-refractivity contribution in [3.8, 4) is 0 Å². The van der Waals surface area contributed by atoms with Gasteiger partial charge in [0.2, 0.25) is 5.91 Å². The number of carbonyl (C=O) groups is 1. The van der Waals surface area contributed by atoms with E-state index in [1.165, 1.54) is 148 Å². The van der Waals surface area contributed by atoms with Gasteiger partial charge in [0, 0.05) is 6.42 Å². The van der Waals surface area contributed by atoms with E-state index in [4.69, 9.17) is 9.05 Å². The van der Waals surface area contributed by atoms with Crippen molar-refractivity contribution in [2.24, 2.45) is 0 Å². The number of phosphoric ester groups is 1. The molecule has 0 bridgehead atoms. The minimum atomic E-state index is -4.36. The second kappa shape index (κ2) is 46.3. The van der Waals surface area contributed by atoms with Crippen LogP contribution >= 0.6 is 7.82 Å². The Morgan fingerprint density at radius 1 is 0.531 bits per heavy atom. The van der Waals surface area contributed by atoms with Gasteiger partial charge in [-0.25, -0.2) is 4.57 Å². The fraction of sp³-hybridized carbons (Fsp3) is 0.800. The first-order valence-corrected chi connectivity index (χ1v) is 28.2. The molecule has 0 spiro atoms. The van der Waals surface area contributed by atoms with Crippen LogP contribution in [-0.2, 0) is 18.4 Å². The summed E-state index contributed by atoms with van der Waals surface area (Å²) >= 11 is 0. The molecule has 0 aromatic rings. The lowest BCUT2D eigenvalue weighted by Gasteiger charge is -2.25. The molecule has 3 N–H and O–H groups in total.